The summed E-state index contributed by atoms with van der Waals surface area (Å²) in [5, 5.41) is 0. The molecule has 6 atom stereocenters. The maximum absolute atomic E-state index is 13.0. The number of Topliss-reactive ketones (excluding diaryl/α,β-unsaturated/α-hetero) is 1. The van der Waals surface area contributed by atoms with Gasteiger partial charge in [-0.1, -0.05) is 78.8 Å². The highest BCUT2D eigenvalue weighted by Gasteiger charge is 2.44. The Balaban J connectivity index is 1.30. The quantitative estimate of drug-likeness (QED) is 0.488. The largest absolute Gasteiger partial charge is 0.361 e. The average Bonchev–Trinajstić information content (AvgIpc) is 3.58. The Labute approximate surface area is 214 Å². The van der Waals surface area contributed by atoms with Crippen LogP contribution in [-0.4, -0.2) is 38.6 Å². The summed E-state index contributed by atoms with van der Waals surface area (Å²) in [6, 6.07) is 7.75. The van der Waals surface area contributed by atoms with E-state index < -0.39 is 22.0 Å². The Morgan fingerprint density at radius 1 is 1.11 bits per heavy atom. The predicted octanol–water partition coefficient (Wildman–Crippen LogP) is 4.69. The van der Waals surface area contributed by atoms with Crippen LogP contribution in [0.5, 0.6) is 0 Å². The third-order valence-corrected chi connectivity index (χ3v) is 7.92. The summed E-state index contributed by atoms with van der Waals surface area (Å²) in [5.41, 5.74) is 4.06. The second-order valence-electron chi connectivity index (χ2n) is 10.4. The highest BCUT2D eigenvalue weighted by Crippen LogP contribution is 2.52. The smallest absolute Gasteiger partial charge is 0.262 e. The third-order valence-electron chi connectivity index (χ3n) is 7.35. The Morgan fingerprint density at radius 2 is 1.81 bits per heavy atom. The van der Waals surface area contributed by atoms with Crippen molar-refractivity contribution in [1.29, 1.82) is 0 Å². The molecule has 1 saturated carbocycles. The zero-order valence-corrected chi connectivity index (χ0v) is 22.1. The number of hydrogen-bond acceptors (Lipinski definition) is 5. The Kier molecular flexibility index (Phi) is 7.81. The molecule has 7 heteroatoms. The molecule has 1 N–H and O–H groups in total. The molecule has 0 saturated heterocycles. The number of carbonyl (C=O) groups excluding carboxylic acids is 2. The molecule has 1 fully saturated rings. The van der Waals surface area contributed by atoms with Crippen molar-refractivity contribution >= 4 is 21.7 Å². The lowest BCUT2D eigenvalue weighted by molar-refractivity contribution is -0.132. The van der Waals surface area contributed by atoms with Gasteiger partial charge in [-0.05, 0) is 50.9 Å². The van der Waals surface area contributed by atoms with Gasteiger partial charge in [-0.25, -0.2) is 8.42 Å². The van der Waals surface area contributed by atoms with Crippen molar-refractivity contribution in [3.63, 3.8) is 0 Å². The minimum atomic E-state index is -3.62. The molecule has 6 nitrogen and oxygen atoms in total. The fourth-order valence-electron chi connectivity index (χ4n) is 5.25. The Morgan fingerprint density at radius 3 is 2.50 bits per heavy atom. The van der Waals surface area contributed by atoms with Crippen molar-refractivity contribution in [3.8, 4) is 0 Å². The summed E-state index contributed by atoms with van der Waals surface area (Å²) in [4.78, 5) is 25.1. The first-order valence-electron chi connectivity index (χ1n) is 12.6. The first-order chi connectivity index (χ1) is 17.0. The number of rotatable bonds is 9. The highest BCUT2D eigenvalue weighted by molar-refractivity contribution is 7.89. The van der Waals surface area contributed by atoms with Crippen LogP contribution in [0.15, 0.2) is 71.9 Å². The van der Waals surface area contributed by atoms with Crippen molar-refractivity contribution in [2.75, 3.05) is 6.26 Å². The van der Waals surface area contributed by atoms with Gasteiger partial charge in [0.1, 0.15) is 6.10 Å². The summed E-state index contributed by atoms with van der Waals surface area (Å²) in [7, 11) is -3.62. The lowest BCUT2D eigenvalue weighted by Crippen LogP contribution is -2.40. The van der Waals surface area contributed by atoms with E-state index in [1.807, 2.05) is 60.2 Å². The number of allylic oxidation sites excluding steroid dienone is 6. The molecule has 3 aliphatic rings. The van der Waals surface area contributed by atoms with Gasteiger partial charge >= 0.3 is 0 Å². The van der Waals surface area contributed by atoms with Crippen molar-refractivity contribution in [2.24, 2.45) is 23.7 Å². The lowest BCUT2D eigenvalue weighted by atomic mass is 9.83. The van der Waals surface area contributed by atoms with E-state index in [1.54, 1.807) is 6.92 Å². The number of sulfonamides is 1. The minimum absolute atomic E-state index is 0.0963. The van der Waals surface area contributed by atoms with Crippen LogP contribution >= 0.6 is 0 Å². The van der Waals surface area contributed by atoms with E-state index in [1.165, 1.54) is 5.57 Å². The summed E-state index contributed by atoms with van der Waals surface area (Å²) in [5.74, 6) is 0.910. The van der Waals surface area contributed by atoms with Gasteiger partial charge in [-0.15, -0.1) is 0 Å². The van der Waals surface area contributed by atoms with Crippen LogP contribution in [0.4, 0.5) is 0 Å². The van der Waals surface area contributed by atoms with Gasteiger partial charge in [0.05, 0.1) is 12.4 Å². The highest BCUT2D eigenvalue weighted by atomic mass is 32.2. The van der Waals surface area contributed by atoms with Crippen LogP contribution in [-0.2, 0) is 19.6 Å². The van der Waals surface area contributed by atoms with Crippen molar-refractivity contribution in [3.05, 3.63) is 83.0 Å². The fraction of sp³-hybridized carbons (Fsp3) is 0.448. The normalized spacial score (nSPS) is 28.2. The topological polar surface area (TPSA) is 89.5 Å². The van der Waals surface area contributed by atoms with Crippen molar-refractivity contribution in [1.82, 2.24) is 4.72 Å². The second kappa shape index (κ2) is 10.7. The standard InChI is InChI=1S/C29H35NO5S/c1-18-11-13-22(14-12-18)28(31)23-8-5-7-21(15-23)16-24-17-26(24)25-9-6-10-27(19(25)2)35-20(3)29(32)30-36(4,33)34/h5-14,19-21,24,26-27H,15-17H2,1-4H3,(H,30,32)/t19?,20-,21?,24?,26?,27?/m0/s1. The molecule has 1 aromatic rings. The van der Waals surface area contributed by atoms with Crippen LogP contribution in [0, 0.1) is 30.6 Å². The van der Waals surface area contributed by atoms with E-state index in [4.69, 9.17) is 4.74 Å². The number of aryl methyl sites for hydroxylation is 1. The molecule has 0 radical (unpaired) electrons. The Bertz CT molecular complexity index is 1240. The van der Waals surface area contributed by atoms with Crippen LogP contribution in [0.1, 0.15) is 49.0 Å². The summed E-state index contributed by atoms with van der Waals surface area (Å²) in [6.45, 7) is 5.68. The molecule has 4 rings (SSSR count). The molecule has 3 aliphatic carbocycles. The van der Waals surface area contributed by atoms with Gasteiger partial charge < -0.3 is 4.74 Å². The van der Waals surface area contributed by atoms with Gasteiger partial charge in [-0.3, -0.25) is 14.3 Å². The van der Waals surface area contributed by atoms with E-state index in [9.17, 15) is 18.0 Å². The molecule has 5 unspecified atom stereocenters. The molecule has 0 aromatic heterocycles. The van der Waals surface area contributed by atoms with Gasteiger partial charge in [0.2, 0.25) is 10.0 Å². The number of carbonyl (C=O) groups is 2. The number of benzene rings is 1. The zero-order chi connectivity index (χ0) is 26.0. The van der Waals surface area contributed by atoms with Crippen LogP contribution in [0.3, 0.4) is 0 Å². The van der Waals surface area contributed by atoms with Gasteiger partial charge in [0.25, 0.3) is 5.91 Å². The van der Waals surface area contributed by atoms with Gasteiger partial charge in [0.15, 0.2) is 5.78 Å². The van der Waals surface area contributed by atoms with E-state index >= 15 is 0 Å². The number of nitrogens with one attached hydrogen (secondary N) is 1. The molecular formula is C29H35NO5S. The number of amides is 1. The van der Waals surface area contributed by atoms with Crippen LogP contribution < -0.4 is 4.72 Å². The molecule has 1 aromatic carbocycles. The van der Waals surface area contributed by atoms with Crippen LogP contribution in [0.2, 0.25) is 0 Å². The molecule has 1 amide bonds. The van der Waals surface area contributed by atoms with E-state index in [-0.39, 0.29) is 17.8 Å². The van der Waals surface area contributed by atoms with Crippen molar-refractivity contribution in [2.45, 2.75) is 52.2 Å². The van der Waals surface area contributed by atoms with Gasteiger partial charge in [-0.2, -0.15) is 0 Å². The maximum Gasteiger partial charge on any atom is 0.262 e. The third kappa shape index (κ3) is 6.51. The zero-order valence-electron chi connectivity index (χ0n) is 21.3. The van der Waals surface area contributed by atoms with Gasteiger partial charge in [0, 0.05) is 17.1 Å². The summed E-state index contributed by atoms with van der Waals surface area (Å²) >= 11 is 0. The van der Waals surface area contributed by atoms with E-state index in [2.05, 4.69) is 19.1 Å². The molecule has 0 bridgehead atoms. The first-order valence-corrected chi connectivity index (χ1v) is 14.4. The number of hydrogen-bond donors (Lipinski definition) is 1. The summed E-state index contributed by atoms with van der Waals surface area (Å²) in [6.07, 6.45) is 14.9. The van der Waals surface area contributed by atoms with E-state index in [0.717, 1.165) is 42.2 Å². The molecule has 0 spiro atoms. The predicted molar refractivity (Wildman–Crippen MR) is 141 cm³/mol. The molecule has 0 aliphatic heterocycles. The SMILES string of the molecule is Cc1ccc(C(=O)C2=CC=CC(CC3CC3C3=CC=CC(O[C@@H](C)C(=O)NS(C)(=O)=O)C3C)C2)cc1. The maximum atomic E-state index is 13.0. The van der Waals surface area contributed by atoms with E-state index in [0.29, 0.717) is 17.8 Å². The molecular weight excluding hydrogens is 474 g/mol. The fourth-order valence-corrected chi connectivity index (χ4v) is 5.78. The lowest BCUT2D eigenvalue weighted by Gasteiger charge is -2.29. The molecule has 192 valence electrons. The second-order valence-corrected chi connectivity index (χ2v) is 12.1. The molecule has 36 heavy (non-hydrogen) atoms. The Hall–Kier alpha value is -2.77. The molecule has 0 heterocycles. The summed E-state index contributed by atoms with van der Waals surface area (Å²) < 4.78 is 30.6. The minimum Gasteiger partial charge on any atom is -0.361 e. The van der Waals surface area contributed by atoms with Crippen LogP contribution in [0.25, 0.3) is 0 Å². The number of ether oxygens (including phenoxy) is 1. The monoisotopic (exact) mass is 509 g/mol. The number of ketones is 1. The first kappa shape index (κ1) is 26.3. The van der Waals surface area contributed by atoms with Crippen molar-refractivity contribution < 1.29 is 22.7 Å². The average molecular weight is 510 g/mol.